The standard InChI is InChI=1S/C15H12FN3O2S/c1-9-17-7-13-12-3-2-11(16)6-10(12)4-5-22(20,21)15-14(13)19(9)8-18-15/h2-3,6-8H,4-5H2,1H3. The molecule has 0 bridgehead atoms. The SMILES string of the molecule is Cc1ncc2c3c(ncn13)S(=O)(=O)CCc1cc(F)ccc1-2. The predicted octanol–water partition coefficient (Wildman–Crippen LogP) is 2.17. The van der Waals surface area contributed by atoms with Crippen LogP contribution in [0.15, 0.2) is 35.7 Å². The molecule has 112 valence electrons. The van der Waals surface area contributed by atoms with Gasteiger partial charge in [-0.2, -0.15) is 0 Å². The number of halogens is 1. The molecule has 0 saturated carbocycles. The van der Waals surface area contributed by atoms with Gasteiger partial charge < -0.3 is 0 Å². The summed E-state index contributed by atoms with van der Waals surface area (Å²) in [5, 5.41) is 0.0722. The molecule has 0 fully saturated rings. The maximum atomic E-state index is 13.5. The Labute approximate surface area is 126 Å². The largest absolute Gasteiger partial charge is 0.285 e. The lowest BCUT2D eigenvalue weighted by atomic mass is 9.98. The van der Waals surface area contributed by atoms with Gasteiger partial charge in [-0.15, -0.1) is 0 Å². The Morgan fingerprint density at radius 2 is 2.05 bits per heavy atom. The van der Waals surface area contributed by atoms with Crippen molar-refractivity contribution in [1.29, 1.82) is 0 Å². The highest BCUT2D eigenvalue weighted by molar-refractivity contribution is 7.91. The van der Waals surface area contributed by atoms with E-state index in [2.05, 4.69) is 9.97 Å². The van der Waals surface area contributed by atoms with Gasteiger partial charge in [-0.05, 0) is 36.6 Å². The fraction of sp³-hybridized carbons (Fsp3) is 0.200. The minimum atomic E-state index is -3.52. The summed E-state index contributed by atoms with van der Waals surface area (Å²) in [7, 11) is -3.52. The smallest absolute Gasteiger partial charge is 0.198 e. The molecule has 22 heavy (non-hydrogen) atoms. The van der Waals surface area contributed by atoms with E-state index in [-0.39, 0.29) is 23.0 Å². The van der Waals surface area contributed by atoms with Crippen molar-refractivity contribution in [1.82, 2.24) is 14.4 Å². The summed E-state index contributed by atoms with van der Waals surface area (Å²) in [6.45, 7) is 1.78. The van der Waals surface area contributed by atoms with E-state index in [1.165, 1.54) is 18.5 Å². The van der Waals surface area contributed by atoms with Gasteiger partial charge in [0.05, 0.1) is 11.3 Å². The highest BCUT2D eigenvalue weighted by Gasteiger charge is 2.27. The summed E-state index contributed by atoms with van der Waals surface area (Å²) in [5.41, 5.74) is 2.65. The van der Waals surface area contributed by atoms with Crippen molar-refractivity contribution >= 4 is 15.4 Å². The molecule has 1 aromatic carbocycles. The molecular formula is C15H12FN3O2S. The van der Waals surface area contributed by atoms with E-state index in [4.69, 9.17) is 0 Å². The normalized spacial score (nSPS) is 16.1. The molecule has 0 unspecified atom stereocenters. The van der Waals surface area contributed by atoms with E-state index < -0.39 is 9.84 Å². The predicted molar refractivity (Wildman–Crippen MR) is 78.9 cm³/mol. The topological polar surface area (TPSA) is 64.3 Å². The lowest BCUT2D eigenvalue weighted by molar-refractivity contribution is 0.592. The third kappa shape index (κ3) is 1.78. The molecule has 1 aliphatic rings. The summed E-state index contributed by atoms with van der Waals surface area (Å²) in [6.07, 6.45) is 3.36. The second kappa shape index (κ2) is 4.36. The number of aromatic nitrogens is 3. The van der Waals surface area contributed by atoms with Gasteiger partial charge in [-0.25, -0.2) is 22.8 Å². The minimum Gasteiger partial charge on any atom is -0.285 e. The van der Waals surface area contributed by atoms with E-state index in [1.807, 2.05) is 0 Å². The molecule has 4 rings (SSSR count). The summed E-state index contributed by atoms with van der Waals surface area (Å²) in [5.74, 6) is 0.190. The van der Waals surface area contributed by atoms with Crippen LogP contribution >= 0.6 is 0 Å². The zero-order valence-corrected chi connectivity index (χ0v) is 12.6. The third-order valence-corrected chi connectivity index (χ3v) is 5.64. The first-order chi connectivity index (χ1) is 10.5. The van der Waals surface area contributed by atoms with Crippen LogP contribution in [-0.4, -0.2) is 28.5 Å². The van der Waals surface area contributed by atoms with Crippen LogP contribution in [0.1, 0.15) is 11.4 Å². The molecular weight excluding hydrogens is 305 g/mol. The monoisotopic (exact) mass is 317 g/mol. The molecule has 3 heterocycles. The quantitative estimate of drug-likeness (QED) is 0.637. The summed E-state index contributed by atoms with van der Waals surface area (Å²) >= 11 is 0. The fourth-order valence-electron chi connectivity index (χ4n) is 2.90. The van der Waals surface area contributed by atoms with Gasteiger partial charge in [0.2, 0.25) is 0 Å². The maximum Gasteiger partial charge on any atom is 0.198 e. The summed E-state index contributed by atoms with van der Waals surface area (Å²) in [6, 6.07) is 4.44. The molecule has 1 aliphatic heterocycles. The molecule has 7 heteroatoms. The Morgan fingerprint density at radius 3 is 2.86 bits per heavy atom. The number of hydrogen-bond donors (Lipinski definition) is 0. The highest BCUT2D eigenvalue weighted by Crippen LogP contribution is 2.34. The Hall–Kier alpha value is -2.28. The molecule has 2 aromatic heterocycles. The molecule has 5 nitrogen and oxygen atoms in total. The Kier molecular flexibility index (Phi) is 2.65. The van der Waals surface area contributed by atoms with Crippen LogP contribution in [0.4, 0.5) is 4.39 Å². The van der Waals surface area contributed by atoms with Crippen molar-refractivity contribution < 1.29 is 12.8 Å². The molecule has 0 spiro atoms. The summed E-state index contributed by atoms with van der Waals surface area (Å²) < 4.78 is 40.2. The first kappa shape index (κ1) is 13.4. The van der Waals surface area contributed by atoms with Gasteiger partial charge >= 0.3 is 0 Å². The molecule has 0 atom stereocenters. The van der Waals surface area contributed by atoms with Crippen LogP contribution in [0.25, 0.3) is 16.6 Å². The second-order valence-electron chi connectivity index (χ2n) is 5.36. The van der Waals surface area contributed by atoms with E-state index in [9.17, 15) is 12.8 Å². The number of imidazole rings is 1. The highest BCUT2D eigenvalue weighted by atomic mass is 32.2. The zero-order valence-electron chi connectivity index (χ0n) is 11.7. The molecule has 0 aliphatic carbocycles. The molecule has 0 radical (unpaired) electrons. The molecule has 0 amide bonds. The van der Waals surface area contributed by atoms with Crippen molar-refractivity contribution in [2.45, 2.75) is 18.4 Å². The molecule has 0 N–H and O–H groups in total. The number of nitrogens with zero attached hydrogens (tertiary/aromatic N) is 3. The van der Waals surface area contributed by atoms with Crippen LogP contribution in [0.5, 0.6) is 0 Å². The van der Waals surface area contributed by atoms with Crippen LogP contribution in [-0.2, 0) is 16.3 Å². The first-order valence-electron chi connectivity index (χ1n) is 6.81. The Bertz CT molecular complexity index is 1020. The van der Waals surface area contributed by atoms with Crippen molar-refractivity contribution in [2.75, 3.05) is 5.75 Å². The maximum absolute atomic E-state index is 13.5. The van der Waals surface area contributed by atoms with Crippen molar-refractivity contribution in [2.24, 2.45) is 0 Å². The van der Waals surface area contributed by atoms with Crippen molar-refractivity contribution in [3.8, 4) is 11.1 Å². The van der Waals surface area contributed by atoms with E-state index in [0.717, 1.165) is 5.56 Å². The first-order valence-corrected chi connectivity index (χ1v) is 8.47. The minimum absolute atomic E-state index is 0.0722. The van der Waals surface area contributed by atoms with Gasteiger partial charge in [0.25, 0.3) is 0 Å². The number of benzene rings is 1. The number of hydrogen-bond acceptors (Lipinski definition) is 4. The summed E-state index contributed by atoms with van der Waals surface area (Å²) in [4.78, 5) is 8.39. The number of aryl methyl sites for hydroxylation is 2. The van der Waals surface area contributed by atoms with Crippen LogP contribution in [0.2, 0.25) is 0 Å². The number of fused-ring (bicyclic) bond motifs is 2. The lowest BCUT2D eigenvalue weighted by Crippen LogP contribution is -2.14. The van der Waals surface area contributed by atoms with Gasteiger partial charge in [-0.3, -0.25) is 4.40 Å². The lowest BCUT2D eigenvalue weighted by Gasteiger charge is -2.16. The molecule has 0 saturated heterocycles. The van der Waals surface area contributed by atoms with Gasteiger partial charge in [0, 0.05) is 11.8 Å². The van der Waals surface area contributed by atoms with Gasteiger partial charge in [0.15, 0.2) is 14.9 Å². The van der Waals surface area contributed by atoms with E-state index in [1.54, 1.807) is 23.6 Å². The average Bonchev–Trinajstić information content (AvgIpc) is 2.92. The van der Waals surface area contributed by atoms with Crippen molar-refractivity contribution in [3.63, 3.8) is 0 Å². The van der Waals surface area contributed by atoms with Crippen LogP contribution < -0.4 is 0 Å². The van der Waals surface area contributed by atoms with Crippen LogP contribution in [0.3, 0.4) is 0 Å². The van der Waals surface area contributed by atoms with Crippen LogP contribution in [0, 0.1) is 12.7 Å². The third-order valence-electron chi connectivity index (χ3n) is 4.01. The zero-order chi connectivity index (χ0) is 15.5. The Balaban J connectivity index is 2.21. The average molecular weight is 317 g/mol. The second-order valence-corrected chi connectivity index (χ2v) is 7.38. The van der Waals surface area contributed by atoms with E-state index >= 15 is 0 Å². The van der Waals surface area contributed by atoms with Crippen molar-refractivity contribution in [3.05, 3.63) is 47.9 Å². The van der Waals surface area contributed by atoms with E-state index in [0.29, 0.717) is 22.5 Å². The number of sulfone groups is 1. The fourth-order valence-corrected chi connectivity index (χ4v) is 4.29. The number of rotatable bonds is 0. The Morgan fingerprint density at radius 1 is 1.23 bits per heavy atom. The van der Waals surface area contributed by atoms with Gasteiger partial charge in [-0.1, -0.05) is 6.07 Å². The molecule has 3 aromatic rings. The van der Waals surface area contributed by atoms with Gasteiger partial charge in [0.1, 0.15) is 18.0 Å².